The number of aryl methyl sites for hydroxylation is 2. The van der Waals surface area contributed by atoms with E-state index in [2.05, 4.69) is 21.1 Å². The van der Waals surface area contributed by atoms with Crippen molar-refractivity contribution >= 4 is 27.6 Å². The second-order valence-corrected chi connectivity index (χ2v) is 9.40. The van der Waals surface area contributed by atoms with Crippen molar-refractivity contribution in [1.29, 1.82) is 0 Å². The first-order chi connectivity index (χ1) is 13.9. The summed E-state index contributed by atoms with van der Waals surface area (Å²) in [6, 6.07) is 1.37. The molecule has 0 saturated heterocycles. The van der Waals surface area contributed by atoms with Crippen molar-refractivity contribution in [3.63, 3.8) is 0 Å². The summed E-state index contributed by atoms with van der Waals surface area (Å²) in [4.78, 5) is 16.5. The number of urea groups is 1. The second kappa shape index (κ2) is 7.70. The van der Waals surface area contributed by atoms with Crippen molar-refractivity contribution in [2.24, 2.45) is 10.7 Å². The highest BCUT2D eigenvalue weighted by Gasteiger charge is 2.30. The third kappa shape index (κ3) is 3.83. The Kier molecular flexibility index (Phi) is 5.24. The van der Waals surface area contributed by atoms with Gasteiger partial charge in [0, 0.05) is 18.3 Å². The van der Waals surface area contributed by atoms with Gasteiger partial charge in [0.2, 0.25) is 5.90 Å². The summed E-state index contributed by atoms with van der Waals surface area (Å²) in [5, 5.41) is 2.81. The largest absolute Gasteiger partial charge is 0.477 e. The molecule has 0 saturated carbocycles. The summed E-state index contributed by atoms with van der Waals surface area (Å²) in [7, 11) is -4.22. The molecule has 4 N–H and O–H groups in total. The van der Waals surface area contributed by atoms with Gasteiger partial charge < -0.3 is 15.8 Å². The van der Waals surface area contributed by atoms with E-state index in [1.165, 1.54) is 11.1 Å². The zero-order valence-electron chi connectivity index (χ0n) is 16.5. The summed E-state index contributed by atoms with van der Waals surface area (Å²) in [6.07, 6.45) is 7.45. The third-order valence-electron chi connectivity index (χ3n) is 5.70. The van der Waals surface area contributed by atoms with Crippen LogP contribution in [-0.4, -0.2) is 33.0 Å². The number of hydrogen-bond donors (Lipinski definition) is 3. The molecule has 1 atom stereocenters. The zero-order chi connectivity index (χ0) is 20.6. The summed E-state index contributed by atoms with van der Waals surface area (Å²) < 4.78 is 32.9. The van der Waals surface area contributed by atoms with Gasteiger partial charge in [-0.15, -0.1) is 0 Å². The SMILES string of the molecule is CC1CCOC(C(=CN)S(=O)(=O)NC(=O)Nc2c3c(cc4c2CCC4)CCC3)=N1. The van der Waals surface area contributed by atoms with E-state index in [1.807, 2.05) is 6.92 Å². The van der Waals surface area contributed by atoms with Gasteiger partial charge in [-0.25, -0.2) is 22.9 Å². The van der Waals surface area contributed by atoms with E-state index in [9.17, 15) is 13.2 Å². The predicted octanol–water partition coefficient (Wildman–Crippen LogP) is 2.12. The fourth-order valence-corrected chi connectivity index (χ4v) is 5.25. The first-order valence-electron chi connectivity index (χ1n) is 10.0. The van der Waals surface area contributed by atoms with Crippen LogP contribution in [0.5, 0.6) is 0 Å². The van der Waals surface area contributed by atoms with Gasteiger partial charge in [-0.2, -0.15) is 0 Å². The van der Waals surface area contributed by atoms with Crippen LogP contribution < -0.4 is 15.8 Å². The van der Waals surface area contributed by atoms with Crippen LogP contribution in [0.15, 0.2) is 22.2 Å². The van der Waals surface area contributed by atoms with Crippen molar-refractivity contribution in [1.82, 2.24) is 4.72 Å². The number of nitrogens with one attached hydrogen (secondary N) is 2. The molecule has 0 fully saturated rings. The van der Waals surface area contributed by atoms with E-state index < -0.39 is 16.1 Å². The van der Waals surface area contributed by atoms with Crippen LogP contribution in [0.1, 0.15) is 48.4 Å². The predicted molar refractivity (Wildman–Crippen MR) is 111 cm³/mol. The van der Waals surface area contributed by atoms with Crippen LogP contribution in [-0.2, 0) is 40.4 Å². The number of rotatable bonds is 4. The number of amides is 2. The van der Waals surface area contributed by atoms with Gasteiger partial charge in [0.05, 0.1) is 12.6 Å². The van der Waals surface area contributed by atoms with E-state index in [0.717, 1.165) is 61.5 Å². The second-order valence-electron chi connectivity index (χ2n) is 7.74. The van der Waals surface area contributed by atoms with Crippen molar-refractivity contribution < 1.29 is 17.9 Å². The smallest absolute Gasteiger partial charge is 0.333 e. The molecule has 2 aliphatic carbocycles. The lowest BCUT2D eigenvalue weighted by molar-refractivity contribution is 0.256. The lowest BCUT2D eigenvalue weighted by Gasteiger charge is -2.20. The van der Waals surface area contributed by atoms with E-state index >= 15 is 0 Å². The third-order valence-corrected chi connectivity index (χ3v) is 7.05. The first kappa shape index (κ1) is 19.8. The Bertz CT molecular complexity index is 982. The van der Waals surface area contributed by atoms with Crippen molar-refractivity contribution in [2.75, 3.05) is 11.9 Å². The number of hydrogen-bond acceptors (Lipinski definition) is 6. The van der Waals surface area contributed by atoms with Gasteiger partial charge in [-0.05, 0) is 67.7 Å². The maximum Gasteiger partial charge on any atom is 0.333 e. The van der Waals surface area contributed by atoms with Crippen LogP contribution in [0, 0.1) is 0 Å². The molecule has 156 valence electrons. The number of carbonyl (C=O) groups excluding carboxylic acids is 1. The maximum absolute atomic E-state index is 12.8. The van der Waals surface area contributed by atoms with Gasteiger partial charge >= 0.3 is 6.03 Å². The van der Waals surface area contributed by atoms with E-state index in [0.29, 0.717) is 13.0 Å². The number of benzene rings is 1. The highest BCUT2D eigenvalue weighted by atomic mass is 32.2. The Morgan fingerprint density at radius 1 is 1.21 bits per heavy atom. The van der Waals surface area contributed by atoms with Crippen molar-refractivity contribution in [3.05, 3.63) is 39.4 Å². The number of ether oxygens (including phenoxy) is 1. The standard InChI is InChI=1S/C20H26N4O4S/c1-12-8-9-28-19(22-12)17(11-21)29(26,27)24-20(25)23-18-15-6-2-4-13(15)10-14-5-3-7-16(14)18/h10-12H,2-9,21H2,1H3,(H2,23,24,25). The molecule has 0 radical (unpaired) electrons. The molecule has 29 heavy (non-hydrogen) atoms. The molecule has 0 aromatic heterocycles. The Hall–Kier alpha value is -2.55. The molecule has 8 nitrogen and oxygen atoms in total. The molecule has 3 aliphatic rings. The Labute approximate surface area is 170 Å². The van der Waals surface area contributed by atoms with Gasteiger partial charge in [0.15, 0.2) is 4.91 Å². The molecule has 1 heterocycles. The zero-order valence-corrected chi connectivity index (χ0v) is 17.3. The minimum atomic E-state index is -4.22. The topological polar surface area (TPSA) is 123 Å². The highest BCUT2D eigenvalue weighted by Crippen LogP contribution is 2.38. The minimum Gasteiger partial charge on any atom is -0.477 e. The first-order valence-corrected chi connectivity index (χ1v) is 11.5. The fourth-order valence-electron chi connectivity index (χ4n) is 4.32. The summed E-state index contributed by atoms with van der Waals surface area (Å²) >= 11 is 0. The van der Waals surface area contributed by atoms with Crippen LogP contribution in [0.2, 0.25) is 0 Å². The molecule has 2 amide bonds. The van der Waals surface area contributed by atoms with Gasteiger partial charge in [0.25, 0.3) is 10.0 Å². The molecule has 0 spiro atoms. The monoisotopic (exact) mass is 418 g/mol. The van der Waals surface area contributed by atoms with E-state index in [-0.39, 0.29) is 16.8 Å². The number of nitrogens with zero attached hydrogens (tertiary/aromatic N) is 1. The highest BCUT2D eigenvalue weighted by molar-refractivity contribution is 7.94. The average Bonchev–Trinajstić information content (AvgIpc) is 3.30. The lowest BCUT2D eigenvalue weighted by atomic mass is 9.99. The number of sulfonamides is 1. The van der Waals surface area contributed by atoms with Crippen molar-refractivity contribution in [2.45, 2.75) is 57.9 Å². The molecule has 1 aromatic carbocycles. The molecular formula is C20H26N4O4S. The summed E-state index contributed by atoms with van der Waals surface area (Å²) in [5.74, 6) is -0.0620. The number of fused-ring (bicyclic) bond motifs is 2. The number of nitrogens with two attached hydrogens (primary N) is 1. The minimum absolute atomic E-state index is 0.0620. The lowest BCUT2D eigenvalue weighted by Crippen LogP contribution is -2.38. The molecule has 4 rings (SSSR count). The fraction of sp³-hybridized carbons (Fsp3) is 0.500. The number of carbonyl (C=O) groups is 1. The normalized spacial score (nSPS) is 21.1. The molecule has 0 bridgehead atoms. The molecule has 1 aromatic rings. The summed E-state index contributed by atoms with van der Waals surface area (Å²) in [6.45, 7) is 2.21. The van der Waals surface area contributed by atoms with E-state index in [4.69, 9.17) is 10.5 Å². The van der Waals surface area contributed by atoms with Gasteiger partial charge in [0.1, 0.15) is 0 Å². The molecular weight excluding hydrogens is 392 g/mol. The molecule has 1 unspecified atom stereocenters. The summed E-state index contributed by atoms with van der Waals surface area (Å²) in [5.41, 5.74) is 11.1. The van der Waals surface area contributed by atoms with Gasteiger partial charge in [-0.3, -0.25) is 0 Å². The van der Waals surface area contributed by atoms with E-state index in [1.54, 1.807) is 0 Å². The van der Waals surface area contributed by atoms with Crippen LogP contribution >= 0.6 is 0 Å². The van der Waals surface area contributed by atoms with Gasteiger partial charge in [-0.1, -0.05) is 6.07 Å². The van der Waals surface area contributed by atoms with Crippen LogP contribution in [0.4, 0.5) is 10.5 Å². The Balaban J connectivity index is 1.56. The Morgan fingerprint density at radius 2 is 1.86 bits per heavy atom. The molecule has 9 heteroatoms. The number of anilines is 1. The van der Waals surface area contributed by atoms with Crippen molar-refractivity contribution in [3.8, 4) is 0 Å². The number of aliphatic imine (C=N–C) groups is 1. The quantitative estimate of drug-likeness (QED) is 0.691. The maximum atomic E-state index is 12.8. The average molecular weight is 419 g/mol. The molecule has 1 aliphatic heterocycles. The Morgan fingerprint density at radius 3 is 2.45 bits per heavy atom. The van der Waals surface area contributed by atoms with Crippen LogP contribution in [0.3, 0.4) is 0 Å². The van der Waals surface area contributed by atoms with Crippen LogP contribution in [0.25, 0.3) is 0 Å².